The highest BCUT2D eigenvalue weighted by Crippen LogP contribution is 2.30. The molecule has 0 bridgehead atoms. The third-order valence-corrected chi connectivity index (χ3v) is 8.28. The second-order valence-electron chi connectivity index (χ2n) is 11.0. The van der Waals surface area contributed by atoms with Crippen molar-refractivity contribution in [3.05, 3.63) is 107 Å². The molecule has 2 saturated heterocycles. The SMILES string of the molecule is O=C(OCc1ccccc1)N1CCC[C@@H](CN2CCC(Cc3ccc(F)cc3)CC2)[C@H]1Cc1ccccc1. The number of hydrogen-bond donors (Lipinski definition) is 0. The first-order valence-electron chi connectivity index (χ1n) is 14.1. The number of ether oxygens (including phenoxy) is 1. The number of amides is 1. The lowest BCUT2D eigenvalue weighted by Gasteiger charge is -2.43. The van der Waals surface area contributed by atoms with Crippen LogP contribution in [0.25, 0.3) is 0 Å². The lowest BCUT2D eigenvalue weighted by molar-refractivity contribution is 0.0345. The number of nitrogens with zero attached hydrogens (tertiary/aromatic N) is 2. The molecule has 5 rings (SSSR count). The number of benzene rings is 3. The summed E-state index contributed by atoms with van der Waals surface area (Å²) in [7, 11) is 0. The fourth-order valence-electron chi connectivity index (χ4n) is 6.17. The average Bonchev–Trinajstić information content (AvgIpc) is 2.96. The molecule has 3 aromatic rings. The molecule has 0 aromatic heterocycles. The second kappa shape index (κ2) is 13.1. The summed E-state index contributed by atoms with van der Waals surface area (Å²) in [4.78, 5) is 17.9. The van der Waals surface area contributed by atoms with E-state index in [4.69, 9.17) is 4.74 Å². The summed E-state index contributed by atoms with van der Waals surface area (Å²) < 4.78 is 19.1. The monoisotopic (exact) mass is 514 g/mol. The van der Waals surface area contributed by atoms with Gasteiger partial charge >= 0.3 is 6.09 Å². The van der Waals surface area contributed by atoms with Gasteiger partial charge in [-0.15, -0.1) is 0 Å². The van der Waals surface area contributed by atoms with Crippen LogP contribution < -0.4 is 0 Å². The van der Waals surface area contributed by atoms with E-state index in [-0.39, 0.29) is 18.0 Å². The number of hydrogen-bond acceptors (Lipinski definition) is 3. The summed E-state index contributed by atoms with van der Waals surface area (Å²) in [6, 6.07) is 27.6. The fourth-order valence-corrected chi connectivity index (χ4v) is 6.17. The Morgan fingerprint density at radius 2 is 1.39 bits per heavy atom. The van der Waals surface area contributed by atoms with Gasteiger partial charge in [0.1, 0.15) is 12.4 Å². The Labute approximate surface area is 226 Å². The van der Waals surface area contributed by atoms with E-state index in [9.17, 15) is 9.18 Å². The van der Waals surface area contributed by atoms with Crippen molar-refractivity contribution in [1.29, 1.82) is 0 Å². The summed E-state index contributed by atoms with van der Waals surface area (Å²) in [5.41, 5.74) is 3.51. The van der Waals surface area contributed by atoms with Crippen molar-refractivity contribution < 1.29 is 13.9 Å². The van der Waals surface area contributed by atoms with E-state index < -0.39 is 0 Å². The highest BCUT2D eigenvalue weighted by Gasteiger charge is 2.36. The zero-order chi connectivity index (χ0) is 26.2. The van der Waals surface area contributed by atoms with E-state index in [0.717, 1.165) is 70.3 Å². The first kappa shape index (κ1) is 26.4. The normalized spacial score (nSPS) is 20.8. The molecule has 0 N–H and O–H groups in total. The highest BCUT2D eigenvalue weighted by atomic mass is 19.1. The predicted molar refractivity (Wildman–Crippen MR) is 149 cm³/mol. The van der Waals surface area contributed by atoms with Gasteiger partial charge in [-0.25, -0.2) is 9.18 Å². The topological polar surface area (TPSA) is 32.8 Å². The Hall–Kier alpha value is -3.18. The minimum absolute atomic E-state index is 0.131. The van der Waals surface area contributed by atoms with Crippen LogP contribution in [0.2, 0.25) is 0 Å². The van der Waals surface area contributed by atoms with E-state index in [1.54, 1.807) is 12.1 Å². The maximum atomic E-state index is 13.3. The lowest BCUT2D eigenvalue weighted by Crippen LogP contribution is -2.53. The number of halogens is 1. The van der Waals surface area contributed by atoms with Crippen LogP contribution in [-0.2, 0) is 24.2 Å². The smallest absolute Gasteiger partial charge is 0.410 e. The summed E-state index contributed by atoms with van der Waals surface area (Å²) in [5.74, 6) is 0.897. The minimum Gasteiger partial charge on any atom is -0.445 e. The molecule has 0 radical (unpaired) electrons. The Balaban J connectivity index is 1.21. The zero-order valence-corrected chi connectivity index (χ0v) is 22.2. The van der Waals surface area contributed by atoms with Gasteiger partial charge in [-0.3, -0.25) is 0 Å². The maximum Gasteiger partial charge on any atom is 0.410 e. The van der Waals surface area contributed by atoms with Gasteiger partial charge in [0.25, 0.3) is 0 Å². The van der Waals surface area contributed by atoms with Crippen molar-refractivity contribution in [2.45, 2.75) is 51.2 Å². The van der Waals surface area contributed by atoms with Crippen molar-refractivity contribution in [3.8, 4) is 0 Å². The quantitative estimate of drug-likeness (QED) is 0.334. The van der Waals surface area contributed by atoms with Crippen LogP contribution in [-0.4, -0.2) is 48.1 Å². The molecule has 1 amide bonds. The number of piperidine rings is 2. The Bertz CT molecular complexity index is 1130. The second-order valence-corrected chi connectivity index (χ2v) is 11.0. The molecule has 2 atom stereocenters. The molecule has 5 heteroatoms. The standard InChI is InChI=1S/C33H39FN2O2/c34-31-15-13-27(14-16-31)22-28-17-20-35(21-18-28)24-30-12-7-19-36(32(30)23-26-8-3-1-4-9-26)33(37)38-25-29-10-5-2-6-11-29/h1-6,8-11,13-16,28,30,32H,7,12,17-25H2/t30-,32+/m0/s1. The third-order valence-electron chi connectivity index (χ3n) is 8.28. The van der Waals surface area contributed by atoms with E-state index >= 15 is 0 Å². The number of carbonyl (C=O) groups excluding carboxylic acids is 1. The van der Waals surface area contributed by atoms with E-state index in [2.05, 4.69) is 29.2 Å². The molecule has 0 saturated carbocycles. The van der Waals surface area contributed by atoms with E-state index in [0.29, 0.717) is 18.4 Å². The van der Waals surface area contributed by atoms with Gasteiger partial charge in [-0.1, -0.05) is 72.8 Å². The molecule has 200 valence electrons. The van der Waals surface area contributed by atoms with E-state index in [1.165, 1.54) is 11.1 Å². The maximum absolute atomic E-state index is 13.3. The Kier molecular flexibility index (Phi) is 9.08. The van der Waals surface area contributed by atoms with Crippen LogP contribution in [0.4, 0.5) is 9.18 Å². The molecular weight excluding hydrogens is 475 g/mol. The first-order chi connectivity index (χ1) is 18.6. The summed E-state index contributed by atoms with van der Waals surface area (Å²) >= 11 is 0. The molecular formula is C33H39FN2O2. The summed E-state index contributed by atoms with van der Waals surface area (Å²) in [5, 5.41) is 0. The van der Waals surface area contributed by atoms with Gasteiger partial charge in [-0.05, 0) is 92.3 Å². The molecule has 2 heterocycles. The molecule has 38 heavy (non-hydrogen) atoms. The fraction of sp³-hybridized carbons (Fsp3) is 0.424. The molecule has 0 aliphatic carbocycles. The van der Waals surface area contributed by atoms with Crippen LogP contribution in [0.3, 0.4) is 0 Å². The van der Waals surface area contributed by atoms with Gasteiger partial charge in [0.2, 0.25) is 0 Å². The predicted octanol–water partition coefficient (Wildman–Crippen LogP) is 6.74. The average molecular weight is 515 g/mol. The van der Waals surface area contributed by atoms with E-state index in [1.807, 2.05) is 53.4 Å². The molecule has 0 unspecified atom stereocenters. The van der Waals surface area contributed by atoms with Crippen molar-refractivity contribution >= 4 is 6.09 Å². The highest BCUT2D eigenvalue weighted by molar-refractivity contribution is 5.68. The van der Waals surface area contributed by atoms with Crippen molar-refractivity contribution in [3.63, 3.8) is 0 Å². The number of rotatable bonds is 8. The molecule has 2 fully saturated rings. The van der Waals surface area contributed by atoms with Crippen LogP contribution in [0.15, 0.2) is 84.9 Å². The largest absolute Gasteiger partial charge is 0.445 e. The molecule has 3 aromatic carbocycles. The number of carbonyl (C=O) groups is 1. The van der Waals surface area contributed by atoms with Crippen LogP contribution in [0, 0.1) is 17.7 Å². The molecule has 2 aliphatic heterocycles. The molecule has 0 spiro atoms. The third kappa shape index (κ3) is 7.22. The first-order valence-corrected chi connectivity index (χ1v) is 14.1. The Morgan fingerprint density at radius 3 is 2.08 bits per heavy atom. The summed E-state index contributed by atoms with van der Waals surface area (Å²) in [6.07, 6.45) is 6.15. The van der Waals surface area contributed by atoms with Crippen molar-refractivity contribution in [1.82, 2.24) is 9.80 Å². The van der Waals surface area contributed by atoms with Gasteiger partial charge in [0.15, 0.2) is 0 Å². The van der Waals surface area contributed by atoms with Crippen LogP contribution in [0.1, 0.15) is 42.4 Å². The minimum atomic E-state index is -0.197. The Morgan fingerprint density at radius 1 is 0.763 bits per heavy atom. The van der Waals surface area contributed by atoms with Gasteiger partial charge < -0.3 is 14.5 Å². The van der Waals surface area contributed by atoms with Crippen LogP contribution >= 0.6 is 0 Å². The van der Waals surface area contributed by atoms with Gasteiger partial charge in [-0.2, -0.15) is 0 Å². The number of likely N-dealkylation sites (tertiary alicyclic amines) is 2. The van der Waals surface area contributed by atoms with Crippen LogP contribution in [0.5, 0.6) is 0 Å². The lowest BCUT2D eigenvalue weighted by atomic mass is 9.84. The molecule has 4 nitrogen and oxygen atoms in total. The summed E-state index contributed by atoms with van der Waals surface area (Å²) in [6.45, 7) is 4.24. The van der Waals surface area contributed by atoms with Crippen molar-refractivity contribution in [2.75, 3.05) is 26.2 Å². The zero-order valence-electron chi connectivity index (χ0n) is 22.2. The van der Waals surface area contributed by atoms with Gasteiger partial charge in [0.05, 0.1) is 0 Å². The molecule has 2 aliphatic rings. The van der Waals surface area contributed by atoms with Crippen molar-refractivity contribution in [2.24, 2.45) is 11.8 Å². The van der Waals surface area contributed by atoms with Gasteiger partial charge in [0, 0.05) is 19.1 Å².